The molecule has 1 N–H and O–H groups in total. The van der Waals surface area contributed by atoms with E-state index in [4.69, 9.17) is 9.15 Å². The fourth-order valence-electron chi connectivity index (χ4n) is 3.26. The van der Waals surface area contributed by atoms with Crippen molar-refractivity contribution in [1.29, 1.82) is 0 Å². The van der Waals surface area contributed by atoms with Gasteiger partial charge in [0.2, 0.25) is 0 Å². The summed E-state index contributed by atoms with van der Waals surface area (Å²) in [4.78, 5) is 2.47. The molecule has 3 rings (SSSR count). The highest BCUT2D eigenvalue weighted by Crippen LogP contribution is 2.28. The van der Waals surface area contributed by atoms with E-state index in [1.54, 1.807) is 0 Å². The van der Waals surface area contributed by atoms with E-state index in [0.717, 1.165) is 37.5 Å². The molecule has 1 aromatic heterocycles. The quantitative estimate of drug-likeness (QED) is 0.939. The molecular weight excluding hydrogens is 264 g/mol. The van der Waals surface area contributed by atoms with E-state index < -0.39 is 0 Å². The van der Waals surface area contributed by atoms with Crippen LogP contribution in [0.15, 0.2) is 28.7 Å². The predicted molar refractivity (Wildman–Crippen MR) is 84.3 cm³/mol. The number of rotatable bonds is 4. The average Bonchev–Trinajstić information content (AvgIpc) is 2.76. The Morgan fingerprint density at radius 2 is 1.90 bits per heavy atom. The number of furan rings is 1. The summed E-state index contributed by atoms with van der Waals surface area (Å²) < 4.78 is 11.8. The molecule has 1 fully saturated rings. The molecule has 0 spiro atoms. The van der Waals surface area contributed by atoms with E-state index in [1.807, 2.05) is 19.2 Å². The Labute approximate surface area is 126 Å². The number of benzene rings is 1. The van der Waals surface area contributed by atoms with Crippen LogP contribution < -0.4 is 5.32 Å². The molecule has 0 radical (unpaired) electrons. The Morgan fingerprint density at radius 3 is 2.62 bits per heavy atom. The first-order valence-electron chi connectivity index (χ1n) is 7.69. The Morgan fingerprint density at radius 1 is 1.19 bits per heavy atom. The molecule has 4 nitrogen and oxygen atoms in total. The summed E-state index contributed by atoms with van der Waals surface area (Å²) >= 11 is 0. The van der Waals surface area contributed by atoms with Crippen molar-refractivity contribution in [2.45, 2.75) is 39.1 Å². The SMILES string of the molecule is CNCc1oc2ccccc2c1CN1CC(C)OC(C)C1. The number of nitrogens with zero attached hydrogens (tertiary/aromatic N) is 1. The molecule has 0 amide bonds. The van der Waals surface area contributed by atoms with Gasteiger partial charge in [-0.2, -0.15) is 0 Å². The second kappa shape index (κ2) is 6.18. The number of morpholine rings is 1. The first-order valence-corrected chi connectivity index (χ1v) is 7.69. The van der Waals surface area contributed by atoms with Crippen LogP contribution in [0.1, 0.15) is 25.2 Å². The molecular formula is C17H24N2O2. The van der Waals surface area contributed by atoms with Crippen LogP contribution in [0.3, 0.4) is 0 Å². The minimum Gasteiger partial charge on any atom is -0.459 e. The van der Waals surface area contributed by atoms with Gasteiger partial charge in [-0.3, -0.25) is 4.90 Å². The van der Waals surface area contributed by atoms with E-state index in [9.17, 15) is 0 Å². The molecule has 4 heteroatoms. The molecule has 0 bridgehead atoms. The van der Waals surface area contributed by atoms with Crippen molar-refractivity contribution in [1.82, 2.24) is 10.2 Å². The van der Waals surface area contributed by atoms with Crippen molar-refractivity contribution >= 4 is 11.0 Å². The van der Waals surface area contributed by atoms with Crippen LogP contribution in [-0.4, -0.2) is 37.2 Å². The van der Waals surface area contributed by atoms with Crippen LogP contribution >= 0.6 is 0 Å². The summed E-state index contributed by atoms with van der Waals surface area (Å²) in [5.41, 5.74) is 2.29. The number of hydrogen-bond acceptors (Lipinski definition) is 4. The topological polar surface area (TPSA) is 37.6 Å². The van der Waals surface area contributed by atoms with Gasteiger partial charge in [0.25, 0.3) is 0 Å². The third kappa shape index (κ3) is 3.12. The summed E-state index contributed by atoms with van der Waals surface area (Å²) in [6, 6.07) is 8.30. The second-order valence-corrected chi connectivity index (χ2v) is 5.98. The zero-order chi connectivity index (χ0) is 14.8. The second-order valence-electron chi connectivity index (χ2n) is 5.98. The third-order valence-electron chi connectivity index (χ3n) is 4.00. The van der Waals surface area contributed by atoms with Gasteiger partial charge in [-0.05, 0) is 27.0 Å². The summed E-state index contributed by atoms with van der Waals surface area (Å²) in [7, 11) is 1.95. The Hall–Kier alpha value is -1.36. The molecule has 114 valence electrons. The molecule has 21 heavy (non-hydrogen) atoms. The average molecular weight is 288 g/mol. The lowest BCUT2D eigenvalue weighted by Gasteiger charge is -2.35. The van der Waals surface area contributed by atoms with Crippen LogP contribution in [0.5, 0.6) is 0 Å². The van der Waals surface area contributed by atoms with Gasteiger partial charge in [0.1, 0.15) is 11.3 Å². The van der Waals surface area contributed by atoms with E-state index >= 15 is 0 Å². The lowest BCUT2D eigenvalue weighted by Crippen LogP contribution is -2.44. The largest absolute Gasteiger partial charge is 0.459 e. The van der Waals surface area contributed by atoms with Gasteiger partial charge in [-0.15, -0.1) is 0 Å². The molecule has 2 unspecified atom stereocenters. The van der Waals surface area contributed by atoms with Crippen LogP contribution in [0.4, 0.5) is 0 Å². The van der Waals surface area contributed by atoms with Crippen LogP contribution in [0.25, 0.3) is 11.0 Å². The number of nitrogens with one attached hydrogen (secondary N) is 1. The first kappa shape index (κ1) is 14.6. The lowest BCUT2D eigenvalue weighted by molar-refractivity contribution is -0.0705. The molecule has 1 aliphatic heterocycles. The van der Waals surface area contributed by atoms with Crippen molar-refractivity contribution < 1.29 is 9.15 Å². The normalized spacial score (nSPS) is 23.8. The number of ether oxygens (including phenoxy) is 1. The zero-order valence-electron chi connectivity index (χ0n) is 13.1. The lowest BCUT2D eigenvalue weighted by atomic mass is 10.1. The molecule has 0 saturated carbocycles. The van der Waals surface area contributed by atoms with Crippen molar-refractivity contribution in [3.63, 3.8) is 0 Å². The summed E-state index contributed by atoms with van der Waals surface area (Å²) in [6.45, 7) is 7.92. The highest BCUT2D eigenvalue weighted by molar-refractivity contribution is 5.82. The van der Waals surface area contributed by atoms with Crippen LogP contribution in [0.2, 0.25) is 0 Å². The summed E-state index contributed by atoms with van der Waals surface area (Å²) in [5.74, 6) is 1.05. The van der Waals surface area contributed by atoms with Gasteiger partial charge in [0, 0.05) is 30.6 Å². The van der Waals surface area contributed by atoms with Crippen LogP contribution in [-0.2, 0) is 17.8 Å². The van der Waals surface area contributed by atoms with E-state index in [1.165, 1.54) is 10.9 Å². The van der Waals surface area contributed by atoms with Gasteiger partial charge in [0.05, 0.1) is 18.8 Å². The first-order chi connectivity index (χ1) is 10.2. The molecule has 2 heterocycles. The smallest absolute Gasteiger partial charge is 0.134 e. The predicted octanol–water partition coefficient (Wildman–Crippen LogP) is 2.76. The highest BCUT2D eigenvalue weighted by atomic mass is 16.5. The molecule has 2 aromatic rings. The maximum Gasteiger partial charge on any atom is 0.134 e. The molecule has 1 aliphatic rings. The minimum atomic E-state index is 0.291. The van der Waals surface area contributed by atoms with Gasteiger partial charge in [0.15, 0.2) is 0 Å². The third-order valence-corrected chi connectivity index (χ3v) is 4.00. The number of hydrogen-bond donors (Lipinski definition) is 1. The molecule has 1 saturated heterocycles. The Kier molecular flexibility index (Phi) is 4.29. The molecule has 2 atom stereocenters. The number of para-hydroxylation sites is 1. The van der Waals surface area contributed by atoms with E-state index in [2.05, 4.69) is 36.2 Å². The van der Waals surface area contributed by atoms with Gasteiger partial charge in [-0.25, -0.2) is 0 Å². The maximum atomic E-state index is 6.01. The van der Waals surface area contributed by atoms with Crippen molar-refractivity contribution in [2.75, 3.05) is 20.1 Å². The monoisotopic (exact) mass is 288 g/mol. The van der Waals surface area contributed by atoms with Crippen LogP contribution in [0, 0.1) is 0 Å². The maximum absolute atomic E-state index is 6.01. The fraction of sp³-hybridized carbons (Fsp3) is 0.529. The summed E-state index contributed by atoms with van der Waals surface area (Å²) in [5, 5.41) is 4.43. The van der Waals surface area contributed by atoms with Gasteiger partial charge < -0.3 is 14.5 Å². The zero-order valence-corrected chi connectivity index (χ0v) is 13.1. The standard InChI is InChI=1S/C17H24N2O2/c1-12-9-19(10-13(2)20-12)11-15-14-6-4-5-7-16(14)21-17(15)8-18-3/h4-7,12-13,18H,8-11H2,1-3H3. The highest BCUT2D eigenvalue weighted by Gasteiger charge is 2.24. The Bertz CT molecular complexity index is 598. The van der Waals surface area contributed by atoms with Crippen molar-refractivity contribution in [3.8, 4) is 0 Å². The fourth-order valence-corrected chi connectivity index (χ4v) is 3.26. The van der Waals surface area contributed by atoms with E-state index in [-0.39, 0.29) is 0 Å². The van der Waals surface area contributed by atoms with Crippen molar-refractivity contribution in [3.05, 3.63) is 35.6 Å². The molecule has 0 aliphatic carbocycles. The minimum absolute atomic E-state index is 0.291. The molecule has 1 aromatic carbocycles. The van der Waals surface area contributed by atoms with E-state index in [0.29, 0.717) is 12.2 Å². The Balaban J connectivity index is 1.89. The van der Waals surface area contributed by atoms with Gasteiger partial charge in [-0.1, -0.05) is 18.2 Å². The van der Waals surface area contributed by atoms with Gasteiger partial charge >= 0.3 is 0 Å². The van der Waals surface area contributed by atoms with Crippen molar-refractivity contribution in [2.24, 2.45) is 0 Å². The summed E-state index contributed by atoms with van der Waals surface area (Å²) in [6.07, 6.45) is 0.583. The number of fused-ring (bicyclic) bond motifs is 1.